The molecule has 92 valence electrons. The van der Waals surface area contributed by atoms with Gasteiger partial charge >= 0.3 is 0 Å². The van der Waals surface area contributed by atoms with Crippen molar-refractivity contribution in [3.05, 3.63) is 42.5 Å². The Morgan fingerprint density at radius 3 is 2.88 bits per heavy atom. The molecular formula is C13H20N4. The van der Waals surface area contributed by atoms with Crippen molar-refractivity contribution in [1.29, 1.82) is 0 Å². The predicted molar refractivity (Wildman–Crippen MR) is 68.8 cm³/mol. The number of hydrogen-bond donors (Lipinski definition) is 1. The molecule has 0 saturated heterocycles. The third-order valence-corrected chi connectivity index (χ3v) is 3.08. The molecule has 2 aromatic heterocycles. The second kappa shape index (κ2) is 5.68. The van der Waals surface area contributed by atoms with E-state index < -0.39 is 0 Å². The molecule has 0 saturated carbocycles. The molecule has 4 nitrogen and oxygen atoms in total. The van der Waals surface area contributed by atoms with Gasteiger partial charge in [-0.1, -0.05) is 6.92 Å². The third-order valence-electron chi connectivity index (χ3n) is 3.08. The van der Waals surface area contributed by atoms with Gasteiger partial charge in [-0.05, 0) is 31.2 Å². The molecule has 4 heteroatoms. The van der Waals surface area contributed by atoms with Crippen LogP contribution < -0.4 is 5.32 Å². The molecule has 2 aromatic rings. The number of hydrogen-bond acceptors (Lipinski definition) is 2. The van der Waals surface area contributed by atoms with E-state index in [2.05, 4.69) is 40.4 Å². The summed E-state index contributed by atoms with van der Waals surface area (Å²) >= 11 is 0. The molecule has 0 aliphatic carbocycles. The lowest BCUT2D eigenvalue weighted by atomic mass is 10.1. The Bertz CT molecular complexity index is 426. The minimum atomic E-state index is 0.459. The fraction of sp³-hybridized carbons (Fsp3) is 0.462. The summed E-state index contributed by atoms with van der Waals surface area (Å²) in [7, 11) is 2.01. The lowest BCUT2D eigenvalue weighted by Gasteiger charge is -2.11. The lowest BCUT2D eigenvalue weighted by Crippen LogP contribution is -2.14. The van der Waals surface area contributed by atoms with Crippen LogP contribution in [0.3, 0.4) is 0 Å². The SMILES string of the molecule is CCC(NC)c1ccn(CCn2cccn2)c1. The maximum atomic E-state index is 4.20. The third kappa shape index (κ3) is 2.97. The Labute approximate surface area is 102 Å². The van der Waals surface area contributed by atoms with Gasteiger partial charge in [0.2, 0.25) is 0 Å². The van der Waals surface area contributed by atoms with Crippen molar-refractivity contribution in [2.75, 3.05) is 7.05 Å². The van der Waals surface area contributed by atoms with E-state index >= 15 is 0 Å². The molecule has 1 N–H and O–H groups in total. The first-order chi connectivity index (χ1) is 8.33. The van der Waals surface area contributed by atoms with Crippen molar-refractivity contribution >= 4 is 0 Å². The van der Waals surface area contributed by atoms with E-state index in [0.717, 1.165) is 19.5 Å². The van der Waals surface area contributed by atoms with E-state index in [1.165, 1.54) is 5.56 Å². The number of nitrogens with zero attached hydrogens (tertiary/aromatic N) is 3. The normalized spacial score (nSPS) is 12.8. The van der Waals surface area contributed by atoms with Gasteiger partial charge in [0.15, 0.2) is 0 Å². The van der Waals surface area contributed by atoms with E-state index in [1.807, 2.05) is 30.2 Å². The topological polar surface area (TPSA) is 34.8 Å². The molecule has 0 aliphatic heterocycles. The van der Waals surface area contributed by atoms with Crippen molar-refractivity contribution < 1.29 is 0 Å². The van der Waals surface area contributed by atoms with Crippen LogP contribution in [-0.2, 0) is 13.1 Å². The predicted octanol–water partition coefficient (Wildman–Crippen LogP) is 2.06. The summed E-state index contributed by atoms with van der Waals surface area (Å²) in [5.74, 6) is 0. The van der Waals surface area contributed by atoms with E-state index in [9.17, 15) is 0 Å². The molecule has 0 amide bonds. The highest BCUT2D eigenvalue weighted by Crippen LogP contribution is 2.16. The van der Waals surface area contributed by atoms with E-state index in [1.54, 1.807) is 0 Å². The zero-order chi connectivity index (χ0) is 12.1. The van der Waals surface area contributed by atoms with Gasteiger partial charge in [0.1, 0.15) is 0 Å². The van der Waals surface area contributed by atoms with Crippen LogP contribution in [0.5, 0.6) is 0 Å². The Hall–Kier alpha value is -1.55. The van der Waals surface area contributed by atoms with Gasteiger partial charge in [-0.2, -0.15) is 5.10 Å². The maximum Gasteiger partial charge on any atom is 0.0588 e. The number of aryl methyl sites for hydroxylation is 2. The van der Waals surface area contributed by atoms with E-state index in [-0.39, 0.29) is 0 Å². The molecule has 2 rings (SSSR count). The van der Waals surface area contributed by atoms with Crippen molar-refractivity contribution in [1.82, 2.24) is 19.7 Å². The molecule has 1 unspecified atom stereocenters. The summed E-state index contributed by atoms with van der Waals surface area (Å²) in [5, 5.41) is 7.52. The summed E-state index contributed by atoms with van der Waals surface area (Å²) < 4.78 is 4.17. The van der Waals surface area contributed by atoms with Gasteiger partial charge in [-0.15, -0.1) is 0 Å². The van der Waals surface area contributed by atoms with Crippen LogP contribution in [0, 0.1) is 0 Å². The van der Waals surface area contributed by atoms with Crippen LogP contribution in [0.2, 0.25) is 0 Å². The van der Waals surface area contributed by atoms with Gasteiger partial charge in [0, 0.05) is 37.4 Å². The molecule has 1 atom stereocenters. The van der Waals surface area contributed by atoms with Gasteiger partial charge in [-0.3, -0.25) is 4.68 Å². The van der Waals surface area contributed by atoms with Gasteiger partial charge in [-0.25, -0.2) is 0 Å². The largest absolute Gasteiger partial charge is 0.352 e. The Balaban J connectivity index is 1.94. The van der Waals surface area contributed by atoms with Gasteiger partial charge in [0.25, 0.3) is 0 Å². The summed E-state index contributed by atoms with van der Waals surface area (Å²) in [4.78, 5) is 0. The Kier molecular flexibility index (Phi) is 3.98. The standard InChI is InChI=1S/C13H20N4/c1-3-13(14-2)12-5-8-16(11-12)9-10-17-7-4-6-15-17/h4-8,11,13-14H,3,9-10H2,1-2H3. The van der Waals surface area contributed by atoms with E-state index in [4.69, 9.17) is 0 Å². The summed E-state index contributed by atoms with van der Waals surface area (Å²) in [6.07, 6.45) is 9.27. The molecule has 0 fully saturated rings. The number of aromatic nitrogens is 3. The van der Waals surface area contributed by atoms with Crippen LogP contribution in [0.4, 0.5) is 0 Å². The summed E-state index contributed by atoms with van der Waals surface area (Å²) in [5.41, 5.74) is 1.36. The molecule has 0 radical (unpaired) electrons. The molecule has 0 spiro atoms. The number of nitrogens with one attached hydrogen (secondary N) is 1. The molecule has 0 bridgehead atoms. The van der Waals surface area contributed by atoms with Crippen LogP contribution in [0.1, 0.15) is 24.9 Å². The first kappa shape index (κ1) is 11.9. The highest BCUT2D eigenvalue weighted by molar-refractivity contribution is 5.15. The Morgan fingerprint density at radius 2 is 2.24 bits per heavy atom. The van der Waals surface area contributed by atoms with Crippen LogP contribution in [0.15, 0.2) is 36.9 Å². The van der Waals surface area contributed by atoms with Crippen molar-refractivity contribution in [2.24, 2.45) is 0 Å². The zero-order valence-electron chi connectivity index (χ0n) is 10.5. The quantitative estimate of drug-likeness (QED) is 0.827. The Morgan fingerprint density at radius 1 is 1.35 bits per heavy atom. The van der Waals surface area contributed by atoms with Gasteiger partial charge < -0.3 is 9.88 Å². The van der Waals surface area contributed by atoms with Crippen molar-refractivity contribution in [2.45, 2.75) is 32.5 Å². The van der Waals surface area contributed by atoms with Crippen molar-refractivity contribution in [3.8, 4) is 0 Å². The molecule has 17 heavy (non-hydrogen) atoms. The monoisotopic (exact) mass is 232 g/mol. The van der Waals surface area contributed by atoms with Crippen LogP contribution >= 0.6 is 0 Å². The van der Waals surface area contributed by atoms with Crippen LogP contribution in [-0.4, -0.2) is 21.4 Å². The lowest BCUT2D eigenvalue weighted by molar-refractivity contribution is 0.530. The molecular weight excluding hydrogens is 212 g/mol. The molecule has 2 heterocycles. The summed E-state index contributed by atoms with van der Waals surface area (Å²) in [6.45, 7) is 4.07. The zero-order valence-corrected chi connectivity index (χ0v) is 10.5. The fourth-order valence-corrected chi connectivity index (χ4v) is 2.06. The second-order valence-electron chi connectivity index (χ2n) is 4.20. The smallest absolute Gasteiger partial charge is 0.0588 e. The fourth-order valence-electron chi connectivity index (χ4n) is 2.06. The van der Waals surface area contributed by atoms with E-state index in [0.29, 0.717) is 6.04 Å². The minimum absolute atomic E-state index is 0.459. The number of rotatable bonds is 6. The minimum Gasteiger partial charge on any atom is -0.352 e. The molecule has 0 aromatic carbocycles. The average Bonchev–Trinajstić information content (AvgIpc) is 2.99. The van der Waals surface area contributed by atoms with Gasteiger partial charge in [0.05, 0.1) is 6.54 Å². The molecule has 0 aliphatic rings. The second-order valence-corrected chi connectivity index (χ2v) is 4.20. The van der Waals surface area contributed by atoms with Crippen molar-refractivity contribution in [3.63, 3.8) is 0 Å². The average molecular weight is 232 g/mol. The first-order valence-electron chi connectivity index (χ1n) is 6.14. The first-order valence-corrected chi connectivity index (χ1v) is 6.14. The highest BCUT2D eigenvalue weighted by Gasteiger charge is 2.07. The summed E-state index contributed by atoms with van der Waals surface area (Å²) in [6, 6.07) is 4.60. The van der Waals surface area contributed by atoms with Crippen LogP contribution in [0.25, 0.3) is 0 Å². The highest BCUT2D eigenvalue weighted by atomic mass is 15.3. The maximum absolute atomic E-state index is 4.20.